The molecule has 0 saturated carbocycles. The Morgan fingerprint density at radius 3 is 2.76 bits per heavy atom. The molecule has 0 amide bonds. The molecule has 0 fully saturated rings. The maximum absolute atomic E-state index is 12.0. The minimum Gasteiger partial charge on any atom is -0.465 e. The Labute approximate surface area is 221 Å². The number of carbonyl (C=O) groups is 1. The molecule has 3 N–H and O–H groups in total. The third kappa shape index (κ3) is 6.93. The molecule has 2 aromatic carbocycles. The number of unbranched alkanes of at least 4 members (excludes halogenated alkanes) is 1. The first kappa shape index (κ1) is 26.8. The number of anilines is 1. The van der Waals surface area contributed by atoms with Crippen molar-refractivity contribution in [3.05, 3.63) is 77.1 Å². The third-order valence-electron chi connectivity index (χ3n) is 6.10. The number of benzene rings is 2. The van der Waals surface area contributed by atoms with Crippen LogP contribution in [0.5, 0.6) is 0 Å². The lowest BCUT2D eigenvalue weighted by atomic mass is 10.1. The van der Waals surface area contributed by atoms with Crippen LogP contribution in [0.2, 0.25) is 5.02 Å². The van der Waals surface area contributed by atoms with Crippen LogP contribution in [-0.2, 0) is 9.47 Å². The summed E-state index contributed by atoms with van der Waals surface area (Å²) in [4.78, 5) is 21.0. The number of aliphatic hydroxyl groups excluding tert-OH is 1. The highest BCUT2D eigenvalue weighted by molar-refractivity contribution is 6.30. The zero-order chi connectivity index (χ0) is 26.0. The summed E-state index contributed by atoms with van der Waals surface area (Å²) in [5, 5.41) is 19.9. The van der Waals surface area contributed by atoms with E-state index in [4.69, 9.17) is 26.1 Å². The topological polar surface area (TPSA) is 106 Å². The SMILES string of the molecule is COC(=O)c1ccc2c(c1)nc(NCCOCCCCN[C@@H](CO)c1cccc(Cl)c1)c1ccncc12. The van der Waals surface area contributed by atoms with Crippen LogP contribution in [0.1, 0.15) is 34.8 Å². The zero-order valence-corrected chi connectivity index (χ0v) is 21.5. The molecular weight excluding hydrogens is 492 g/mol. The fourth-order valence-electron chi connectivity index (χ4n) is 4.19. The first-order valence-corrected chi connectivity index (χ1v) is 12.7. The summed E-state index contributed by atoms with van der Waals surface area (Å²) in [6.45, 7) is 2.55. The molecule has 2 aromatic heterocycles. The van der Waals surface area contributed by atoms with Crippen molar-refractivity contribution in [2.45, 2.75) is 18.9 Å². The quantitative estimate of drug-likeness (QED) is 0.131. The van der Waals surface area contributed by atoms with Gasteiger partial charge in [0.15, 0.2) is 0 Å². The molecule has 4 aromatic rings. The van der Waals surface area contributed by atoms with Gasteiger partial charge in [-0.25, -0.2) is 9.78 Å². The maximum atomic E-state index is 12.0. The molecule has 0 radical (unpaired) electrons. The number of carbonyl (C=O) groups excluding carboxylic acids is 1. The number of pyridine rings is 2. The number of halogens is 1. The number of nitrogens with one attached hydrogen (secondary N) is 2. The Balaban J connectivity index is 1.24. The lowest BCUT2D eigenvalue weighted by Gasteiger charge is -2.17. The van der Waals surface area contributed by atoms with Crippen LogP contribution in [0.25, 0.3) is 21.7 Å². The van der Waals surface area contributed by atoms with Crippen molar-refractivity contribution in [3.63, 3.8) is 0 Å². The Morgan fingerprint density at radius 1 is 1.05 bits per heavy atom. The van der Waals surface area contributed by atoms with Crippen molar-refractivity contribution < 1.29 is 19.4 Å². The highest BCUT2D eigenvalue weighted by atomic mass is 35.5. The summed E-state index contributed by atoms with van der Waals surface area (Å²) in [5.41, 5.74) is 2.12. The Hall–Kier alpha value is -3.30. The van der Waals surface area contributed by atoms with Crippen LogP contribution in [0.3, 0.4) is 0 Å². The van der Waals surface area contributed by atoms with E-state index in [0.29, 0.717) is 35.9 Å². The van der Waals surface area contributed by atoms with E-state index in [0.717, 1.165) is 46.9 Å². The summed E-state index contributed by atoms with van der Waals surface area (Å²) in [6.07, 6.45) is 5.37. The van der Waals surface area contributed by atoms with Gasteiger partial charge in [0.05, 0.1) is 37.4 Å². The predicted molar refractivity (Wildman–Crippen MR) is 146 cm³/mol. The van der Waals surface area contributed by atoms with E-state index in [9.17, 15) is 9.90 Å². The minimum atomic E-state index is -0.399. The van der Waals surface area contributed by atoms with Crippen LogP contribution in [-0.4, -0.2) is 61.1 Å². The van der Waals surface area contributed by atoms with Gasteiger partial charge >= 0.3 is 5.97 Å². The monoisotopic (exact) mass is 522 g/mol. The van der Waals surface area contributed by atoms with Gasteiger partial charge in [-0.15, -0.1) is 0 Å². The molecule has 0 aliphatic rings. The lowest BCUT2D eigenvalue weighted by Crippen LogP contribution is -2.25. The molecule has 0 bridgehead atoms. The van der Waals surface area contributed by atoms with Crippen molar-refractivity contribution in [2.75, 3.05) is 45.3 Å². The third-order valence-corrected chi connectivity index (χ3v) is 6.33. The van der Waals surface area contributed by atoms with Crippen LogP contribution < -0.4 is 10.6 Å². The second kappa shape index (κ2) is 13.3. The molecule has 0 saturated heterocycles. The smallest absolute Gasteiger partial charge is 0.337 e. The van der Waals surface area contributed by atoms with Gasteiger partial charge < -0.3 is 25.2 Å². The van der Waals surface area contributed by atoms with Gasteiger partial charge in [0, 0.05) is 46.7 Å². The summed E-state index contributed by atoms with van der Waals surface area (Å²) in [6, 6.07) is 14.7. The molecular formula is C28H31ClN4O4. The summed E-state index contributed by atoms with van der Waals surface area (Å²) >= 11 is 6.05. The van der Waals surface area contributed by atoms with E-state index < -0.39 is 5.97 Å². The average molecular weight is 523 g/mol. The van der Waals surface area contributed by atoms with Gasteiger partial charge in [-0.2, -0.15) is 0 Å². The summed E-state index contributed by atoms with van der Waals surface area (Å²) in [5.74, 6) is 0.320. The molecule has 0 unspecified atom stereocenters. The van der Waals surface area contributed by atoms with Crippen molar-refractivity contribution in [3.8, 4) is 0 Å². The molecule has 4 rings (SSSR count). The summed E-state index contributed by atoms with van der Waals surface area (Å²) in [7, 11) is 1.36. The number of aliphatic hydroxyl groups is 1. The molecule has 8 nitrogen and oxygen atoms in total. The molecule has 9 heteroatoms. The number of rotatable bonds is 13. The lowest BCUT2D eigenvalue weighted by molar-refractivity contribution is 0.0601. The normalized spacial score (nSPS) is 12.1. The molecule has 0 aliphatic carbocycles. The van der Waals surface area contributed by atoms with E-state index in [1.54, 1.807) is 24.5 Å². The maximum Gasteiger partial charge on any atom is 0.337 e. The molecule has 194 valence electrons. The highest BCUT2D eigenvalue weighted by Crippen LogP contribution is 2.29. The summed E-state index contributed by atoms with van der Waals surface area (Å²) < 4.78 is 10.6. The van der Waals surface area contributed by atoms with Crippen molar-refractivity contribution >= 4 is 45.1 Å². The van der Waals surface area contributed by atoms with Crippen LogP contribution in [0.15, 0.2) is 60.9 Å². The number of hydrogen-bond acceptors (Lipinski definition) is 8. The molecule has 0 spiro atoms. The van der Waals surface area contributed by atoms with Crippen molar-refractivity contribution in [2.24, 2.45) is 0 Å². The van der Waals surface area contributed by atoms with Gasteiger partial charge in [0.2, 0.25) is 0 Å². The molecule has 2 heterocycles. The van der Waals surface area contributed by atoms with Gasteiger partial charge in [-0.3, -0.25) is 4.98 Å². The first-order chi connectivity index (χ1) is 18.1. The van der Waals surface area contributed by atoms with E-state index in [-0.39, 0.29) is 12.6 Å². The number of methoxy groups -OCH3 is 1. The average Bonchev–Trinajstić information content (AvgIpc) is 2.93. The number of esters is 1. The number of aromatic nitrogens is 2. The second-order valence-corrected chi connectivity index (χ2v) is 9.03. The molecule has 37 heavy (non-hydrogen) atoms. The Kier molecular flexibility index (Phi) is 9.62. The fraction of sp³-hybridized carbons (Fsp3) is 0.321. The van der Waals surface area contributed by atoms with Gasteiger partial charge in [0.25, 0.3) is 0 Å². The number of nitrogens with zero attached hydrogens (tertiary/aromatic N) is 2. The van der Waals surface area contributed by atoms with E-state index in [1.165, 1.54) is 7.11 Å². The van der Waals surface area contributed by atoms with Crippen LogP contribution >= 0.6 is 11.6 Å². The minimum absolute atomic E-state index is 0.0140. The largest absolute Gasteiger partial charge is 0.465 e. The number of ether oxygens (including phenoxy) is 2. The Bertz CT molecular complexity index is 1350. The van der Waals surface area contributed by atoms with E-state index in [1.807, 2.05) is 36.4 Å². The van der Waals surface area contributed by atoms with Gasteiger partial charge in [-0.1, -0.05) is 29.8 Å². The van der Waals surface area contributed by atoms with Gasteiger partial charge in [-0.05, 0) is 55.3 Å². The number of hydrogen-bond donors (Lipinski definition) is 3. The Morgan fingerprint density at radius 2 is 1.95 bits per heavy atom. The van der Waals surface area contributed by atoms with Crippen molar-refractivity contribution in [1.82, 2.24) is 15.3 Å². The van der Waals surface area contributed by atoms with Gasteiger partial charge in [0.1, 0.15) is 5.82 Å². The van der Waals surface area contributed by atoms with E-state index in [2.05, 4.69) is 15.6 Å². The van der Waals surface area contributed by atoms with E-state index >= 15 is 0 Å². The second-order valence-electron chi connectivity index (χ2n) is 8.60. The first-order valence-electron chi connectivity index (χ1n) is 12.3. The highest BCUT2D eigenvalue weighted by Gasteiger charge is 2.12. The zero-order valence-electron chi connectivity index (χ0n) is 20.7. The molecule has 0 aliphatic heterocycles. The molecule has 1 atom stereocenters. The van der Waals surface area contributed by atoms with Crippen LogP contribution in [0.4, 0.5) is 5.82 Å². The van der Waals surface area contributed by atoms with Crippen molar-refractivity contribution in [1.29, 1.82) is 0 Å². The standard InChI is InChI=1S/C28H31ClN4O4/c1-36-28(35)20-7-8-22-24-17-30-11-9-23(24)27(33-25(22)16-20)32-12-14-37-13-3-2-10-31-26(18-34)19-5-4-6-21(29)15-19/h4-9,11,15-17,26,31,34H,2-3,10,12-14,18H2,1H3,(H,32,33)/t26-/m0/s1. The fourth-order valence-corrected chi connectivity index (χ4v) is 4.39. The number of fused-ring (bicyclic) bond motifs is 3. The predicted octanol–water partition coefficient (Wildman–Crippen LogP) is 4.75. The van der Waals surface area contributed by atoms with Crippen LogP contribution in [0, 0.1) is 0 Å².